The van der Waals surface area contributed by atoms with Crippen molar-refractivity contribution in [3.8, 4) is 0 Å². The Kier molecular flexibility index (Phi) is 2.65. The fourth-order valence-corrected chi connectivity index (χ4v) is 1.05. The zero-order valence-electron chi connectivity index (χ0n) is 6.96. The van der Waals surface area contributed by atoms with Gasteiger partial charge in [-0.05, 0) is 13.3 Å². The monoisotopic (exact) mass is 154 g/mol. The van der Waals surface area contributed by atoms with E-state index < -0.39 is 0 Å². The van der Waals surface area contributed by atoms with Gasteiger partial charge in [0, 0.05) is 17.8 Å². The largest absolute Gasteiger partial charge is 0.396 e. The molecule has 0 aromatic carbocycles. The van der Waals surface area contributed by atoms with Gasteiger partial charge in [0.15, 0.2) is 0 Å². The van der Waals surface area contributed by atoms with Crippen molar-refractivity contribution in [1.82, 2.24) is 9.97 Å². The molecule has 0 spiro atoms. The minimum atomic E-state index is 0.170. The van der Waals surface area contributed by atoms with Gasteiger partial charge in [-0.1, -0.05) is 6.92 Å². The Bertz CT molecular complexity index is 216. The molecule has 0 aliphatic carbocycles. The summed E-state index contributed by atoms with van der Waals surface area (Å²) in [6, 6.07) is 0. The van der Waals surface area contributed by atoms with Gasteiger partial charge in [0.2, 0.25) is 0 Å². The van der Waals surface area contributed by atoms with Crippen LogP contribution in [0, 0.1) is 6.92 Å². The molecule has 0 fully saturated rings. The summed E-state index contributed by atoms with van der Waals surface area (Å²) >= 11 is 0. The van der Waals surface area contributed by atoms with Gasteiger partial charge >= 0.3 is 0 Å². The Hall–Kier alpha value is -0.830. The molecule has 3 heteroatoms. The molecule has 1 unspecified atom stereocenters. The predicted octanol–water partition coefficient (Wildman–Crippen LogP) is 1.20. The van der Waals surface area contributed by atoms with Gasteiger partial charge in [-0.3, -0.25) is 0 Å². The summed E-state index contributed by atoms with van der Waals surface area (Å²) in [6.07, 6.45) is 2.71. The van der Waals surface area contributed by atoms with Crippen LogP contribution in [0.5, 0.6) is 0 Å². The Morgan fingerprint density at radius 3 is 2.82 bits per heavy atom. The molecule has 3 nitrogen and oxygen atoms in total. The van der Waals surface area contributed by atoms with Crippen LogP contribution in [0.25, 0.3) is 0 Å². The van der Waals surface area contributed by atoms with Crippen LogP contribution in [0.3, 0.4) is 0 Å². The number of aliphatic hydroxyl groups is 1. The van der Waals surface area contributed by atoms with Crippen LogP contribution in [-0.2, 0) is 0 Å². The van der Waals surface area contributed by atoms with Crippen LogP contribution < -0.4 is 0 Å². The maximum atomic E-state index is 8.93. The van der Waals surface area contributed by atoms with E-state index >= 15 is 0 Å². The van der Waals surface area contributed by atoms with E-state index in [2.05, 4.69) is 9.97 Å². The van der Waals surface area contributed by atoms with Crippen LogP contribution in [0.2, 0.25) is 0 Å². The number of aromatic amines is 1. The molecule has 62 valence electrons. The van der Waals surface area contributed by atoms with E-state index in [9.17, 15) is 0 Å². The summed E-state index contributed by atoms with van der Waals surface area (Å²) in [5.41, 5.74) is 1.05. The fourth-order valence-electron chi connectivity index (χ4n) is 1.05. The van der Waals surface area contributed by atoms with Crippen molar-refractivity contribution in [1.29, 1.82) is 0 Å². The molecule has 0 radical (unpaired) electrons. The molecule has 2 N–H and O–H groups in total. The Morgan fingerprint density at radius 2 is 2.45 bits per heavy atom. The average Bonchev–Trinajstić information content (AvgIpc) is 2.39. The third kappa shape index (κ3) is 1.80. The maximum absolute atomic E-state index is 8.93. The van der Waals surface area contributed by atoms with Crippen LogP contribution in [0.15, 0.2) is 6.20 Å². The number of rotatable bonds is 3. The highest BCUT2D eigenvalue weighted by atomic mass is 16.3. The smallest absolute Gasteiger partial charge is 0.111 e. The molecular weight excluding hydrogens is 140 g/mol. The number of imidazole rings is 1. The van der Waals surface area contributed by atoms with E-state index in [4.69, 9.17) is 5.11 Å². The van der Waals surface area contributed by atoms with Crippen LogP contribution >= 0.6 is 0 Å². The molecule has 1 rings (SSSR count). The number of H-pyrrole nitrogens is 1. The molecule has 11 heavy (non-hydrogen) atoms. The number of hydrogen-bond donors (Lipinski definition) is 2. The Labute approximate surface area is 66.5 Å². The first-order chi connectivity index (χ1) is 5.27. The minimum absolute atomic E-state index is 0.170. The Balaban J connectivity index is 2.73. The van der Waals surface area contributed by atoms with Gasteiger partial charge in [0.05, 0.1) is 6.61 Å². The van der Waals surface area contributed by atoms with Crippen molar-refractivity contribution < 1.29 is 5.11 Å². The molecule has 0 saturated carbocycles. The number of nitrogens with zero attached hydrogens (tertiary/aromatic N) is 1. The van der Waals surface area contributed by atoms with E-state index in [0.717, 1.165) is 17.9 Å². The highest BCUT2D eigenvalue weighted by Crippen LogP contribution is 2.14. The molecular formula is C8H14N2O. The van der Waals surface area contributed by atoms with Gasteiger partial charge in [0.25, 0.3) is 0 Å². The second kappa shape index (κ2) is 3.53. The fraction of sp³-hybridized carbons (Fsp3) is 0.625. The van der Waals surface area contributed by atoms with Crippen molar-refractivity contribution in [2.75, 3.05) is 6.61 Å². The van der Waals surface area contributed by atoms with Crippen molar-refractivity contribution in [3.63, 3.8) is 0 Å². The topological polar surface area (TPSA) is 48.9 Å². The number of nitrogens with one attached hydrogen (secondary N) is 1. The van der Waals surface area contributed by atoms with Crippen LogP contribution in [-0.4, -0.2) is 21.7 Å². The average molecular weight is 154 g/mol. The van der Waals surface area contributed by atoms with E-state index in [1.165, 1.54) is 0 Å². The summed E-state index contributed by atoms with van der Waals surface area (Å²) in [5, 5.41) is 8.93. The molecule has 1 aromatic heterocycles. The minimum Gasteiger partial charge on any atom is -0.396 e. The third-order valence-electron chi connectivity index (χ3n) is 1.82. The second-order valence-electron chi connectivity index (χ2n) is 2.74. The number of aromatic nitrogens is 2. The van der Waals surface area contributed by atoms with Gasteiger partial charge in [-0.15, -0.1) is 0 Å². The highest BCUT2D eigenvalue weighted by Gasteiger charge is 2.09. The summed E-state index contributed by atoms with van der Waals surface area (Å²) in [6.45, 7) is 4.17. The van der Waals surface area contributed by atoms with Gasteiger partial charge < -0.3 is 10.1 Å². The molecule has 1 heterocycles. The normalized spacial score (nSPS) is 13.4. The molecule has 1 atom stereocenters. The van der Waals surface area contributed by atoms with Crippen LogP contribution in [0.4, 0.5) is 0 Å². The number of aryl methyl sites for hydroxylation is 1. The summed E-state index contributed by atoms with van der Waals surface area (Å²) in [7, 11) is 0. The number of hydrogen-bond acceptors (Lipinski definition) is 2. The van der Waals surface area contributed by atoms with E-state index in [1.54, 1.807) is 6.20 Å². The molecule has 0 aliphatic heterocycles. The lowest BCUT2D eigenvalue weighted by atomic mass is 10.1. The van der Waals surface area contributed by atoms with Crippen LogP contribution in [0.1, 0.15) is 30.8 Å². The lowest BCUT2D eigenvalue weighted by Gasteiger charge is -2.06. The Morgan fingerprint density at radius 1 is 1.73 bits per heavy atom. The van der Waals surface area contributed by atoms with E-state index in [0.29, 0.717) is 0 Å². The molecule has 0 bridgehead atoms. The first-order valence-electron chi connectivity index (χ1n) is 3.90. The zero-order chi connectivity index (χ0) is 8.27. The lowest BCUT2D eigenvalue weighted by molar-refractivity contribution is 0.258. The van der Waals surface area contributed by atoms with Crippen molar-refractivity contribution in [3.05, 3.63) is 17.7 Å². The summed E-state index contributed by atoms with van der Waals surface area (Å²) < 4.78 is 0. The summed E-state index contributed by atoms with van der Waals surface area (Å²) in [5.74, 6) is 1.07. The lowest BCUT2D eigenvalue weighted by Crippen LogP contribution is -2.04. The molecule has 0 amide bonds. The van der Waals surface area contributed by atoms with Gasteiger partial charge in [-0.2, -0.15) is 0 Å². The standard InChI is InChI=1S/C8H14N2O/c1-3-7(5-11)8-9-4-6(2)10-8/h4,7,11H,3,5H2,1-2H3,(H,9,10). The van der Waals surface area contributed by atoms with Gasteiger partial charge in [-0.25, -0.2) is 4.98 Å². The van der Waals surface area contributed by atoms with E-state index in [-0.39, 0.29) is 12.5 Å². The highest BCUT2D eigenvalue weighted by molar-refractivity contribution is 5.03. The van der Waals surface area contributed by atoms with Crippen molar-refractivity contribution >= 4 is 0 Å². The molecule has 1 aromatic rings. The molecule has 0 aliphatic rings. The maximum Gasteiger partial charge on any atom is 0.111 e. The third-order valence-corrected chi connectivity index (χ3v) is 1.82. The number of aliphatic hydroxyl groups excluding tert-OH is 1. The quantitative estimate of drug-likeness (QED) is 0.687. The van der Waals surface area contributed by atoms with Crippen molar-refractivity contribution in [2.45, 2.75) is 26.2 Å². The first-order valence-corrected chi connectivity index (χ1v) is 3.90. The second-order valence-corrected chi connectivity index (χ2v) is 2.74. The van der Waals surface area contributed by atoms with Gasteiger partial charge in [0.1, 0.15) is 5.82 Å². The first kappa shape index (κ1) is 8.27. The molecule has 0 saturated heterocycles. The van der Waals surface area contributed by atoms with Crippen molar-refractivity contribution in [2.24, 2.45) is 0 Å². The van der Waals surface area contributed by atoms with E-state index in [1.807, 2.05) is 13.8 Å². The predicted molar refractivity (Wildman–Crippen MR) is 43.4 cm³/mol. The summed E-state index contributed by atoms with van der Waals surface area (Å²) in [4.78, 5) is 7.25. The SMILES string of the molecule is CCC(CO)c1ncc(C)[nH]1. The zero-order valence-corrected chi connectivity index (χ0v) is 6.96.